The lowest BCUT2D eigenvalue weighted by Gasteiger charge is -2.10. The Morgan fingerprint density at radius 3 is 2.77 bits per heavy atom. The fourth-order valence-corrected chi connectivity index (χ4v) is 2.81. The van der Waals surface area contributed by atoms with E-state index in [1.54, 1.807) is 12.1 Å². The SMILES string of the molecule is CC(OC(=O)/C=C/c1ccco1)C(=O)Nc1nc(-c2ccccc2)cs1. The van der Waals surface area contributed by atoms with Crippen LogP contribution in [0.3, 0.4) is 0 Å². The van der Waals surface area contributed by atoms with Crippen molar-refractivity contribution in [1.29, 1.82) is 0 Å². The van der Waals surface area contributed by atoms with Crippen molar-refractivity contribution in [2.45, 2.75) is 13.0 Å². The Labute approximate surface area is 154 Å². The topological polar surface area (TPSA) is 81.4 Å². The van der Waals surface area contributed by atoms with Crippen LogP contribution in [0.5, 0.6) is 0 Å². The summed E-state index contributed by atoms with van der Waals surface area (Å²) in [6, 6.07) is 13.1. The Morgan fingerprint density at radius 2 is 2.04 bits per heavy atom. The van der Waals surface area contributed by atoms with Gasteiger partial charge in [-0.1, -0.05) is 30.3 Å². The number of aromatic nitrogens is 1. The summed E-state index contributed by atoms with van der Waals surface area (Å²) < 4.78 is 10.1. The molecule has 1 unspecified atom stereocenters. The first-order valence-electron chi connectivity index (χ1n) is 7.86. The largest absolute Gasteiger partial charge is 0.465 e. The van der Waals surface area contributed by atoms with Gasteiger partial charge in [-0.05, 0) is 25.1 Å². The third-order valence-electron chi connectivity index (χ3n) is 3.39. The van der Waals surface area contributed by atoms with E-state index in [-0.39, 0.29) is 0 Å². The monoisotopic (exact) mass is 368 g/mol. The van der Waals surface area contributed by atoms with Gasteiger partial charge >= 0.3 is 5.97 Å². The van der Waals surface area contributed by atoms with Gasteiger partial charge in [0.1, 0.15) is 5.76 Å². The average Bonchev–Trinajstić information content (AvgIpc) is 3.32. The number of ether oxygens (including phenoxy) is 1. The van der Waals surface area contributed by atoms with E-state index >= 15 is 0 Å². The number of esters is 1. The van der Waals surface area contributed by atoms with Gasteiger partial charge in [-0.2, -0.15) is 0 Å². The molecule has 0 aliphatic carbocycles. The molecule has 0 aliphatic rings. The van der Waals surface area contributed by atoms with E-state index in [0.29, 0.717) is 10.9 Å². The zero-order valence-corrected chi connectivity index (χ0v) is 14.7. The molecule has 0 saturated carbocycles. The van der Waals surface area contributed by atoms with Gasteiger partial charge in [-0.3, -0.25) is 10.1 Å². The number of nitrogens with one attached hydrogen (secondary N) is 1. The van der Waals surface area contributed by atoms with Gasteiger partial charge in [-0.15, -0.1) is 11.3 Å². The average molecular weight is 368 g/mol. The quantitative estimate of drug-likeness (QED) is 0.526. The standard InChI is InChI=1S/C19H16N2O4S/c1-13(25-17(22)10-9-15-8-5-11-24-15)18(23)21-19-20-16(12-26-19)14-6-3-2-4-7-14/h2-13H,1H3,(H,20,21,23)/b10-9+. The van der Waals surface area contributed by atoms with Crippen LogP contribution in [-0.2, 0) is 14.3 Å². The summed E-state index contributed by atoms with van der Waals surface area (Å²) in [6.07, 6.45) is 3.23. The Hall–Kier alpha value is -3.19. The van der Waals surface area contributed by atoms with E-state index in [1.807, 2.05) is 35.7 Å². The highest BCUT2D eigenvalue weighted by Gasteiger charge is 2.18. The zero-order chi connectivity index (χ0) is 18.4. The molecule has 132 valence electrons. The second-order valence-electron chi connectivity index (χ2n) is 5.32. The molecule has 0 spiro atoms. The molecular formula is C19H16N2O4S. The summed E-state index contributed by atoms with van der Waals surface area (Å²) in [4.78, 5) is 28.3. The molecule has 1 aromatic carbocycles. The van der Waals surface area contributed by atoms with Crippen molar-refractivity contribution < 1.29 is 18.7 Å². The summed E-state index contributed by atoms with van der Waals surface area (Å²) >= 11 is 1.31. The Kier molecular flexibility index (Phi) is 5.60. The van der Waals surface area contributed by atoms with Gasteiger partial charge in [0.05, 0.1) is 12.0 Å². The van der Waals surface area contributed by atoms with Crippen LogP contribution in [0.2, 0.25) is 0 Å². The van der Waals surface area contributed by atoms with Crippen LogP contribution in [0, 0.1) is 0 Å². The molecule has 1 atom stereocenters. The molecule has 1 amide bonds. The number of rotatable bonds is 6. The minimum Gasteiger partial charge on any atom is -0.465 e. The molecule has 2 heterocycles. The maximum atomic E-state index is 12.2. The van der Waals surface area contributed by atoms with Crippen molar-refractivity contribution in [3.8, 4) is 11.3 Å². The Bertz CT molecular complexity index is 901. The van der Waals surface area contributed by atoms with Gasteiger partial charge in [0, 0.05) is 17.0 Å². The first kappa shape index (κ1) is 17.6. The number of amides is 1. The lowest BCUT2D eigenvalue weighted by molar-refractivity contribution is -0.148. The highest BCUT2D eigenvalue weighted by atomic mass is 32.1. The Balaban J connectivity index is 1.54. The summed E-state index contributed by atoms with van der Waals surface area (Å²) in [5, 5.41) is 4.96. The van der Waals surface area contributed by atoms with E-state index in [9.17, 15) is 9.59 Å². The Morgan fingerprint density at radius 1 is 1.23 bits per heavy atom. The number of hydrogen-bond acceptors (Lipinski definition) is 6. The van der Waals surface area contributed by atoms with E-state index in [1.165, 1.54) is 36.7 Å². The number of hydrogen-bond donors (Lipinski definition) is 1. The normalized spacial score (nSPS) is 12.0. The van der Waals surface area contributed by atoms with Crippen LogP contribution in [0.25, 0.3) is 17.3 Å². The van der Waals surface area contributed by atoms with Crippen LogP contribution in [0.1, 0.15) is 12.7 Å². The third kappa shape index (κ3) is 4.67. The number of carbonyl (C=O) groups is 2. The minimum atomic E-state index is -0.951. The summed E-state index contributed by atoms with van der Waals surface area (Å²) in [7, 11) is 0. The van der Waals surface area contributed by atoms with Crippen LogP contribution < -0.4 is 5.32 Å². The number of benzene rings is 1. The van der Waals surface area contributed by atoms with Gasteiger partial charge in [0.2, 0.25) is 0 Å². The first-order valence-corrected chi connectivity index (χ1v) is 8.74. The predicted octanol–water partition coefficient (Wildman–Crippen LogP) is 3.99. The van der Waals surface area contributed by atoms with E-state index in [4.69, 9.17) is 9.15 Å². The fraction of sp³-hybridized carbons (Fsp3) is 0.105. The predicted molar refractivity (Wildman–Crippen MR) is 99.5 cm³/mol. The van der Waals surface area contributed by atoms with Crippen molar-refractivity contribution >= 4 is 34.4 Å². The maximum Gasteiger partial charge on any atom is 0.331 e. The molecule has 1 N–H and O–H groups in total. The van der Waals surface area contributed by atoms with Gasteiger partial charge in [0.25, 0.3) is 5.91 Å². The van der Waals surface area contributed by atoms with Crippen LogP contribution >= 0.6 is 11.3 Å². The third-order valence-corrected chi connectivity index (χ3v) is 4.15. The highest BCUT2D eigenvalue weighted by molar-refractivity contribution is 7.14. The molecule has 6 nitrogen and oxygen atoms in total. The van der Waals surface area contributed by atoms with Crippen molar-refractivity contribution in [1.82, 2.24) is 4.98 Å². The number of anilines is 1. The molecule has 2 aromatic heterocycles. The molecule has 0 aliphatic heterocycles. The number of thiazole rings is 1. The zero-order valence-electron chi connectivity index (χ0n) is 13.9. The van der Waals surface area contributed by atoms with E-state index in [2.05, 4.69) is 10.3 Å². The second kappa shape index (κ2) is 8.26. The number of furan rings is 1. The molecule has 0 saturated heterocycles. The van der Waals surface area contributed by atoms with Gasteiger partial charge in [0.15, 0.2) is 11.2 Å². The fourth-order valence-electron chi connectivity index (χ4n) is 2.08. The highest BCUT2D eigenvalue weighted by Crippen LogP contribution is 2.24. The van der Waals surface area contributed by atoms with E-state index in [0.717, 1.165) is 11.3 Å². The van der Waals surface area contributed by atoms with Gasteiger partial charge in [-0.25, -0.2) is 9.78 Å². The molecule has 3 rings (SSSR count). The first-order chi connectivity index (χ1) is 12.6. The van der Waals surface area contributed by atoms with Crippen molar-refractivity contribution in [2.75, 3.05) is 5.32 Å². The molecule has 3 aromatic rings. The van der Waals surface area contributed by atoms with Crippen molar-refractivity contribution in [3.05, 3.63) is 65.9 Å². The number of carbonyl (C=O) groups excluding carboxylic acids is 2. The van der Waals surface area contributed by atoms with Crippen LogP contribution in [0.15, 0.2) is 64.6 Å². The van der Waals surface area contributed by atoms with Crippen LogP contribution in [0.4, 0.5) is 5.13 Å². The lowest BCUT2D eigenvalue weighted by Crippen LogP contribution is -2.29. The second-order valence-corrected chi connectivity index (χ2v) is 6.18. The smallest absolute Gasteiger partial charge is 0.331 e. The molecular weight excluding hydrogens is 352 g/mol. The molecule has 0 bridgehead atoms. The number of nitrogens with zero attached hydrogens (tertiary/aromatic N) is 1. The van der Waals surface area contributed by atoms with Crippen molar-refractivity contribution in [2.24, 2.45) is 0 Å². The molecule has 0 radical (unpaired) electrons. The van der Waals surface area contributed by atoms with E-state index < -0.39 is 18.0 Å². The maximum absolute atomic E-state index is 12.2. The minimum absolute atomic E-state index is 0.446. The summed E-state index contributed by atoms with van der Waals surface area (Å²) in [6.45, 7) is 1.50. The van der Waals surface area contributed by atoms with Crippen LogP contribution in [-0.4, -0.2) is 23.0 Å². The summed E-state index contributed by atoms with van der Waals surface area (Å²) in [5.74, 6) is -0.554. The lowest BCUT2D eigenvalue weighted by atomic mass is 10.2. The molecule has 0 fully saturated rings. The molecule has 7 heteroatoms. The van der Waals surface area contributed by atoms with Crippen molar-refractivity contribution in [3.63, 3.8) is 0 Å². The summed E-state index contributed by atoms with van der Waals surface area (Å²) in [5.41, 5.74) is 1.74. The van der Waals surface area contributed by atoms with Gasteiger partial charge < -0.3 is 9.15 Å². The molecule has 26 heavy (non-hydrogen) atoms.